The summed E-state index contributed by atoms with van der Waals surface area (Å²) in [7, 11) is 1.45. The van der Waals surface area contributed by atoms with Crippen molar-refractivity contribution in [1.82, 2.24) is 15.1 Å². The lowest BCUT2D eigenvalue weighted by molar-refractivity contribution is 0.0955. The highest BCUT2D eigenvalue weighted by atomic mass is 35.5. The molecule has 2 aromatic rings. The summed E-state index contributed by atoms with van der Waals surface area (Å²) >= 11 is 6.10. The van der Waals surface area contributed by atoms with Crippen LogP contribution in [0.2, 0.25) is 5.02 Å². The number of carbonyl (C=O) groups excluding carboxylic acids is 1. The first-order valence-electron chi connectivity index (χ1n) is 5.62. The molecule has 1 amide bonds. The van der Waals surface area contributed by atoms with Crippen LogP contribution < -0.4 is 10.7 Å². The first kappa shape index (κ1) is 13.3. The normalized spacial score (nSPS) is 10.3. The second-order valence-corrected chi connectivity index (χ2v) is 4.35. The van der Waals surface area contributed by atoms with Crippen LogP contribution in [0.1, 0.15) is 16.2 Å². The second-order valence-electron chi connectivity index (χ2n) is 3.94. The Kier molecular flexibility index (Phi) is 3.66. The van der Waals surface area contributed by atoms with Gasteiger partial charge in [0.2, 0.25) is 5.43 Å². The number of aromatic nitrogens is 2. The number of nitrogens with one attached hydrogen (secondary N) is 1. The van der Waals surface area contributed by atoms with Gasteiger partial charge in [-0.3, -0.25) is 9.59 Å². The van der Waals surface area contributed by atoms with E-state index in [4.69, 9.17) is 11.6 Å². The zero-order valence-corrected chi connectivity index (χ0v) is 11.2. The van der Waals surface area contributed by atoms with Gasteiger partial charge >= 0.3 is 0 Å². The van der Waals surface area contributed by atoms with Crippen molar-refractivity contribution in [3.05, 3.63) is 57.0 Å². The highest BCUT2D eigenvalue weighted by Gasteiger charge is 2.14. The number of benzene rings is 1. The minimum Gasteiger partial charge on any atom is -0.354 e. The van der Waals surface area contributed by atoms with E-state index >= 15 is 0 Å². The third kappa shape index (κ3) is 2.51. The highest BCUT2D eigenvalue weighted by molar-refractivity contribution is 6.32. The fraction of sp³-hybridized carbons (Fsp3) is 0.154. The Morgan fingerprint density at radius 3 is 2.68 bits per heavy atom. The van der Waals surface area contributed by atoms with Gasteiger partial charge in [0.25, 0.3) is 5.91 Å². The van der Waals surface area contributed by atoms with Gasteiger partial charge < -0.3 is 5.32 Å². The van der Waals surface area contributed by atoms with E-state index < -0.39 is 11.3 Å². The fourth-order valence-corrected chi connectivity index (χ4v) is 1.91. The molecule has 1 aromatic carbocycles. The van der Waals surface area contributed by atoms with Crippen LogP contribution in [0.25, 0.3) is 5.69 Å². The standard InChI is InChI=1S/C13H12ClN3O2/c1-8-7-11(18)12(13(19)15-2)16-17(8)10-6-4-3-5-9(10)14/h3-7H,1-2H3,(H,15,19). The van der Waals surface area contributed by atoms with E-state index in [1.54, 1.807) is 31.2 Å². The lowest BCUT2D eigenvalue weighted by Crippen LogP contribution is -2.29. The van der Waals surface area contributed by atoms with Crippen molar-refractivity contribution >= 4 is 17.5 Å². The molecule has 0 atom stereocenters. The van der Waals surface area contributed by atoms with Crippen LogP contribution in [0, 0.1) is 6.92 Å². The van der Waals surface area contributed by atoms with Crippen LogP contribution >= 0.6 is 11.6 Å². The fourth-order valence-electron chi connectivity index (χ4n) is 1.69. The van der Waals surface area contributed by atoms with Gasteiger partial charge in [-0.05, 0) is 19.1 Å². The van der Waals surface area contributed by atoms with E-state index in [1.165, 1.54) is 17.8 Å². The van der Waals surface area contributed by atoms with Gasteiger partial charge in [0.15, 0.2) is 5.69 Å². The number of carbonyl (C=O) groups is 1. The Morgan fingerprint density at radius 1 is 1.37 bits per heavy atom. The van der Waals surface area contributed by atoms with Gasteiger partial charge in [0.1, 0.15) is 0 Å². The monoisotopic (exact) mass is 277 g/mol. The molecule has 2 rings (SSSR count). The summed E-state index contributed by atoms with van der Waals surface area (Å²) in [4.78, 5) is 23.3. The summed E-state index contributed by atoms with van der Waals surface area (Å²) < 4.78 is 1.48. The predicted molar refractivity (Wildman–Crippen MR) is 73.0 cm³/mol. The minimum absolute atomic E-state index is 0.159. The first-order valence-corrected chi connectivity index (χ1v) is 6.00. The molecule has 6 heteroatoms. The molecule has 0 unspecified atom stereocenters. The summed E-state index contributed by atoms with van der Waals surface area (Å²) in [5.74, 6) is -0.522. The molecular weight excluding hydrogens is 266 g/mol. The number of hydrogen-bond acceptors (Lipinski definition) is 3. The van der Waals surface area contributed by atoms with Crippen molar-refractivity contribution in [2.24, 2.45) is 0 Å². The predicted octanol–water partition coefficient (Wildman–Crippen LogP) is 1.55. The highest BCUT2D eigenvalue weighted by Crippen LogP contribution is 2.19. The van der Waals surface area contributed by atoms with E-state index in [0.29, 0.717) is 16.4 Å². The molecule has 98 valence electrons. The smallest absolute Gasteiger partial charge is 0.275 e. The molecule has 1 heterocycles. The van der Waals surface area contributed by atoms with E-state index in [2.05, 4.69) is 10.4 Å². The number of amides is 1. The first-order chi connectivity index (χ1) is 9.04. The van der Waals surface area contributed by atoms with Gasteiger partial charge in [0, 0.05) is 18.8 Å². The van der Waals surface area contributed by atoms with Crippen molar-refractivity contribution < 1.29 is 4.79 Å². The van der Waals surface area contributed by atoms with Crippen LogP contribution in [0.4, 0.5) is 0 Å². The maximum absolute atomic E-state index is 11.7. The average molecular weight is 278 g/mol. The SMILES string of the molecule is CNC(=O)c1nn(-c2ccccc2Cl)c(C)cc1=O. The van der Waals surface area contributed by atoms with Crippen molar-refractivity contribution in [3.63, 3.8) is 0 Å². The molecule has 1 N–H and O–H groups in total. The molecule has 0 bridgehead atoms. The van der Waals surface area contributed by atoms with Crippen LogP contribution in [-0.4, -0.2) is 22.7 Å². The lowest BCUT2D eigenvalue weighted by Gasteiger charge is -2.11. The van der Waals surface area contributed by atoms with E-state index in [0.717, 1.165) is 0 Å². The molecule has 0 saturated carbocycles. The zero-order valence-electron chi connectivity index (χ0n) is 10.5. The maximum Gasteiger partial charge on any atom is 0.275 e. The van der Waals surface area contributed by atoms with Gasteiger partial charge in [-0.2, -0.15) is 5.10 Å². The molecule has 0 aliphatic heterocycles. The summed E-state index contributed by atoms with van der Waals surface area (Å²) in [6.07, 6.45) is 0. The van der Waals surface area contributed by atoms with Crippen molar-refractivity contribution in [3.8, 4) is 5.69 Å². The summed E-state index contributed by atoms with van der Waals surface area (Å²) in [5.41, 5.74) is 0.644. The molecule has 19 heavy (non-hydrogen) atoms. The molecule has 0 spiro atoms. The Hall–Kier alpha value is -2.14. The maximum atomic E-state index is 11.7. The summed E-state index contributed by atoms with van der Waals surface area (Å²) in [6, 6.07) is 8.44. The van der Waals surface area contributed by atoms with E-state index in [1.807, 2.05) is 0 Å². The Balaban J connectivity index is 2.68. The molecule has 5 nitrogen and oxygen atoms in total. The van der Waals surface area contributed by atoms with Crippen LogP contribution in [-0.2, 0) is 0 Å². The molecular formula is C13H12ClN3O2. The zero-order chi connectivity index (χ0) is 14.0. The van der Waals surface area contributed by atoms with E-state index in [-0.39, 0.29) is 5.69 Å². The number of hydrogen-bond donors (Lipinski definition) is 1. The molecule has 0 radical (unpaired) electrons. The number of aryl methyl sites for hydroxylation is 1. The van der Waals surface area contributed by atoms with Crippen molar-refractivity contribution in [1.29, 1.82) is 0 Å². The third-order valence-corrected chi connectivity index (χ3v) is 2.95. The van der Waals surface area contributed by atoms with Crippen molar-refractivity contribution in [2.45, 2.75) is 6.92 Å². The van der Waals surface area contributed by atoms with Gasteiger partial charge in [-0.25, -0.2) is 4.68 Å². The lowest BCUT2D eigenvalue weighted by atomic mass is 10.2. The molecule has 1 aromatic heterocycles. The third-order valence-electron chi connectivity index (χ3n) is 2.63. The van der Waals surface area contributed by atoms with Crippen LogP contribution in [0.5, 0.6) is 0 Å². The summed E-state index contributed by atoms with van der Waals surface area (Å²) in [6.45, 7) is 1.73. The largest absolute Gasteiger partial charge is 0.354 e. The molecule has 0 saturated heterocycles. The van der Waals surface area contributed by atoms with Crippen LogP contribution in [0.3, 0.4) is 0 Å². The number of halogens is 1. The Bertz CT molecular complexity index is 695. The topological polar surface area (TPSA) is 64.0 Å². The molecule has 0 fully saturated rings. The number of nitrogens with zero attached hydrogens (tertiary/aromatic N) is 2. The van der Waals surface area contributed by atoms with E-state index in [9.17, 15) is 9.59 Å². The Labute approximate surface area is 114 Å². The molecule has 0 aliphatic rings. The quantitative estimate of drug-likeness (QED) is 0.906. The number of rotatable bonds is 2. The van der Waals surface area contributed by atoms with Crippen LogP contribution in [0.15, 0.2) is 35.1 Å². The van der Waals surface area contributed by atoms with Crippen molar-refractivity contribution in [2.75, 3.05) is 7.05 Å². The van der Waals surface area contributed by atoms with Gasteiger partial charge in [-0.1, -0.05) is 23.7 Å². The number of para-hydroxylation sites is 1. The van der Waals surface area contributed by atoms with Gasteiger partial charge in [0.05, 0.1) is 10.7 Å². The average Bonchev–Trinajstić information content (AvgIpc) is 2.39. The molecule has 0 aliphatic carbocycles. The Morgan fingerprint density at radius 2 is 2.05 bits per heavy atom. The van der Waals surface area contributed by atoms with Gasteiger partial charge in [-0.15, -0.1) is 0 Å². The summed E-state index contributed by atoms with van der Waals surface area (Å²) in [5, 5.41) is 6.96. The minimum atomic E-state index is -0.522. The second kappa shape index (κ2) is 5.24.